The molecule has 1 unspecified atom stereocenters. The summed E-state index contributed by atoms with van der Waals surface area (Å²) in [7, 11) is 1.58. The van der Waals surface area contributed by atoms with Gasteiger partial charge in [0.05, 0.1) is 7.11 Å². The van der Waals surface area contributed by atoms with Crippen molar-refractivity contribution in [3.8, 4) is 11.8 Å². The lowest BCUT2D eigenvalue weighted by Crippen LogP contribution is -2.07. The lowest BCUT2D eigenvalue weighted by molar-refractivity contribution is -0.144. The number of carbonyl (C=O) groups excluding carboxylic acids is 1. The molecule has 4 heteroatoms. The minimum Gasteiger partial charge on any atom is -0.497 e. The summed E-state index contributed by atoms with van der Waals surface area (Å²) in [5.74, 6) is 0.214. The number of rotatable bonds is 3. The third-order valence-electron chi connectivity index (χ3n) is 2.81. The minimum absolute atomic E-state index is 0.480. The van der Waals surface area contributed by atoms with Crippen molar-refractivity contribution in [2.45, 2.75) is 13.0 Å². The molecule has 0 radical (unpaired) electrons. The van der Waals surface area contributed by atoms with Gasteiger partial charge < -0.3 is 9.47 Å². The van der Waals surface area contributed by atoms with Gasteiger partial charge in [-0.25, -0.2) is 0 Å². The summed E-state index contributed by atoms with van der Waals surface area (Å²) in [5.41, 5.74) is 0.661. The largest absolute Gasteiger partial charge is 0.497 e. The number of ether oxygens (including phenoxy) is 2. The smallest absolute Gasteiger partial charge is 0.304 e. The van der Waals surface area contributed by atoms with Crippen LogP contribution in [0.5, 0.6) is 5.75 Å². The molecule has 0 amide bonds. The van der Waals surface area contributed by atoms with Crippen LogP contribution < -0.4 is 4.74 Å². The monoisotopic (exact) mass is 255 g/mol. The Kier molecular flexibility index (Phi) is 3.67. The predicted octanol–water partition coefficient (Wildman–Crippen LogP) is 2.98. The fraction of sp³-hybridized carbons (Fsp3) is 0.200. The summed E-state index contributed by atoms with van der Waals surface area (Å²) in [4.78, 5) is 11.0. The Morgan fingerprint density at radius 2 is 2.11 bits per heavy atom. The van der Waals surface area contributed by atoms with Crippen LogP contribution in [0.4, 0.5) is 0 Å². The maximum atomic E-state index is 11.0. The second kappa shape index (κ2) is 5.40. The predicted molar refractivity (Wildman–Crippen MR) is 70.6 cm³/mol. The fourth-order valence-corrected chi connectivity index (χ4v) is 1.96. The van der Waals surface area contributed by atoms with Gasteiger partial charge in [0.1, 0.15) is 11.8 Å². The van der Waals surface area contributed by atoms with Crippen LogP contribution in [0.3, 0.4) is 0 Å². The zero-order valence-electron chi connectivity index (χ0n) is 10.7. The van der Waals surface area contributed by atoms with E-state index in [0.29, 0.717) is 11.3 Å². The minimum atomic E-state index is -0.909. The van der Waals surface area contributed by atoms with E-state index in [1.807, 2.05) is 36.4 Å². The van der Waals surface area contributed by atoms with E-state index >= 15 is 0 Å². The van der Waals surface area contributed by atoms with Crippen molar-refractivity contribution in [3.05, 3.63) is 42.0 Å². The molecule has 0 aliphatic carbocycles. The molecule has 4 nitrogen and oxygen atoms in total. The van der Waals surface area contributed by atoms with Crippen LogP contribution in [0.15, 0.2) is 36.4 Å². The van der Waals surface area contributed by atoms with E-state index in [9.17, 15) is 4.79 Å². The molecule has 2 rings (SSSR count). The third kappa shape index (κ3) is 2.66. The summed E-state index contributed by atoms with van der Waals surface area (Å²) >= 11 is 0. The standard InChI is InChI=1S/C15H13NO3/c1-10(17)19-15(9-16)13-5-3-4-11-6-7-12(18-2)8-14(11)13/h3-8,15H,1-2H3. The van der Waals surface area contributed by atoms with Crippen molar-refractivity contribution >= 4 is 16.7 Å². The number of nitriles is 1. The first-order chi connectivity index (χ1) is 9.15. The van der Waals surface area contributed by atoms with Crippen LogP contribution in [0.2, 0.25) is 0 Å². The molecule has 0 fully saturated rings. The van der Waals surface area contributed by atoms with E-state index in [-0.39, 0.29) is 0 Å². The first-order valence-electron chi connectivity index (χ1n) is 5.79. The van der Waals surface area contributed by atoms with Gasteiger partial charge in [0.15, 0.2) is 0 Å². The lowest BCUT2D eigenvalue weighted by Gasteiger charge is -2.13. The number of nitrogens with zero attached hydrogens (tertiary/aromatic N) is 1. The summed E-state index contributed by atoms with van der Waals surface area (Å²) < 4.78 is 10.2. The first kappa shape index (κ1) is 12.9. The average molecular weight is 255 g/mol. The molecule has 2 aromatic rings. The molecule has 1 atom stereocenters. The second-order valence-electron chi connectivity index (χ2n) is 4.05. The van der Waals surface area contributed by atoms with Gasteiger partial charge in [0.2, 0.25) is 6.10 Å². The summed E-state index contributed by atoms with van der Waals surface area (Å²) in [6.45, 7) is 1.29. The molecule has 0 heterocycles. The Balaban J connectivity index is 2.58. The first-order valence-corrected chi connectivity index (χ1v) is 5.79. The molecule has 19 heavy (non-hydrogen) atoms. The molecule has 0 aliphatic rings. The van der Waals surface area contributed by atoms with Gasteiger partial charge in [0.25, 0.3) is 0 Å². The highest BCUT2D eigenvalue weighted by atomic mass is 16.5. The van der Waals surface area contributed by atoms with E-state index in [2.05, 4.69) is 0 Å². The zero-order chi connectivity index (χ0) is 13.8. The van der Waals surface area contributed by atoms with Crippen molar-refractivity contribution in [1.29, 1.82) is 5.26 Å². The number of fused-ring (bicyclic) bond motifs is 1. The van der Waals surface area contributed by atoms with Crippen molar-refractivity contribution in [2.75, 3.05) is 7.11 Å². The SMILES string of the molecule is COc1ccc2cccc(C(C#N)OC(C)=O)c2c1. The molecule has 0 bridgehead atoms. The molecular formula is C15H13NO3. The lowest BCUT2D eigenvalue weighted by atomic mass is 10.0. The van der Waals surface area contributed by atoms with E-state index in [4.69, 9.17) is 14.7 Å². The molecule has 96 valence electrons. The number of esters is 1. The number of hydrogen-bond acceptors (Lipinski definition) is 4. The molecular weight excluding hydrogens is 242 g/mol. The van der Waals surface area contributed by atoms with Crippen LogP contribution in [0.1, 0.15) is 18.6 Å². The van der Waals surface area contributed by atoms with Crippen LogP contribution in [0, 0.1) is 11.3 Å². The van der Waals surface area contributed by atoms with Crippen LogP contribution in [-0.2, 0) is 9.53 Å². The van der Waals surface area contributed by atoms with Gasteiger partial charge in [0, 0.05) is 12.5 Å². The van der Waals surface area contributed by atoms with Crippen LogP contribution >= 0.6 is 0 Å². The molecule has 0 spiro atoms. The van der Waals surface area contributed by atoms with Crippen molar-refractivity contribution in [1.82, 2.24) is 0 Å². The van der Waals surface area contributed by atoms with Gasteiger partial charge in [-0.15, -0.1) is 0 Å². The summed E-state index contributed by atoms with van der Waals surface area (Å²) in [6, 6.07) is 13.1. The van der Waals surface area contributed by atoms with E-state index < -0.39 is 12.1 Å². The Hall–Kier alpha value is -2.54. The molecule has 0 N–H and O–H groups in total. The molecule has 0 saturated carbocycles. The number of hydrogen-bond donors (Lipinski definition) is 0. The zero-order valence-corrected chi connectivity index (χ0v) is 10.7. The summed E-state index contributed by atoms with van der Waals surface area (Å²) in [6.07, 6.45) is -0.909. The maximum absolute atomic E-state index is 11.0. The van der Waals surface area contributed by atoms with Crippen molar-refractivity contribution < 1.29 is 14.3 Å². The normalized spacial score (nSPS) is 11.6. The Morgan fingerprint density at radius 1 is 1.32 bits per heavy atom. The quantitative estimate of drug-likeness (QED) is 0.791. The fourth-order valence-electron chi connectivity index (χ4n) is 1.96. The molecule has 0 aromatic heterocycles. The number of benzene rings is 2. The second-order valence-corrected chi connectivity index (χ2v) is 4.05. The maximum Gasteiger partial charge on any atom is 0.304 e. The van der Waals surface area contributed by atoms with Gasteiger partial charge in [-0.1, -0.05) is 24.3 Å². The average Bonchev–Trinajstić information content (AvgIpc) is 2.43. The van der Waals surface area contributed by atoms with E-state index in [1.165, 1.54) is 6.92 Å². The molecule has 2 aromatic carbocycles. The molecule has 0 saturated heterocycles. The highest BCUT2D eigenvalue weighted by Gasteiger charge is 2.16. The summed E-state index contributed by atoms with van der Waals surface area (Å²) in [5, 5.41) is 11.0. The van der Waals surface area contributed by atoms with Gasteiger partial charge in [-0.3, -0.25) is 4.79 Å². The Bertz CT molecular complexity index is 658. The van der Waals surface area contributed by atoms with Gasteiger partial charge >= 0.3 is 5.97 Å². The topological polar surface area (TPSA) is 59.3 Å². The van der Waals surface area contributed by atoms with Crippen molar-refractivity contribution in [2.24, 2.45) is 0 Å². The van der Waals surface area contributed by atoms with Gasteiger partial charge in [-0.05, 0) is 22.9 Å². The molecule has 0 aliphatic heterocycles. The van der Waals surface area contributed by atoms with E-state index in [1.54, 1.807) is 13.2 Å². The van der Waals surface area contributed by atoms with E-state index in [0.717, 1.165) is 10.8 Å². The Labute approximate surface area is 111 Å². The highest BCUT2D eigenvalue weighted by molar-refractivity contribution is 5.88. The number of methoxy groups -OCH3 is 1. The third-order valence-corrected chi connectivity index (χ3v) is 2.81. The van der Waals surface area contributed by atoms with Crippen LogP contribution in [-0.4, -0.2) is 13.1 Å². The Morgan fingerprint density at radius 3 is 2.74 bits per heavy atom. The highest BCUT2D eigenvalue weighted by Crippen LogP contribution is 2.29. The van der Waals surface area contributed by atoms with Crippen molar-refractivity contribution in [3.63, 3.8) is 0 Å². The van der Waals surface area contributed by atoms with Gasteiger partial charge in [-0.2, -0.15) is 5.26 Å². The van der Waals surface area contributed by atoms with Crippen LogP contribution in [0.25, 0.3) is 10.8 Å². The number of carbonyl (C=O) groups is 1.